The van der Waals surface area contributed by atoms with Crippen LogP contribution in [-0.4, -0.2) is 20.4 Å². The van der Waals surface area contributed by atoms with E-state index in [0.717, 1.165) is 56.8 Å². The standard InChI is InChI=1S/C22H24N4S2/c1-3-5-7-19-23-25-21(27-19)16-11-9-15-10-12-17(14-18(15)13-16)22-26-24-20(28-22)8-6-4-2/h9-14H,3-8H2,1-2H3. The van der Waals surface area contributed by atoms with Gasteiger partial charge < -0.3 is 0 Å². The van der Waals surface area contributed by atoms with Crippen LogP contribution in [0.15, 0.2) is 36.4 Å². The first-order valence-corrected chi connectivity index (χ1v) is 11.6. The van der Waals surface area contributed by atoms with Crippen molar-refractivity contribution in [1.82, 2.24) is 20.4 Å². The molecule has 0 N–H and O–H groups in total. The van der Waals surface area contributed by atoms with Crippen molar-refractivity contribution >= 4 is 33.4 Å². The SMILES string of the molecule is CCCCc1nnc(-c2ccc3ccc(-c4nnc(CCCC)s4)cc3c2)s1. The van der Waals surface area contributed by atoms with E-state index in [-0.39, 0.29) is 0 Å². The third-order valence-corrected chi connectivity index (χ3v) is 6.82. The predicted octanol–water partition coefficient (Wildman–Crippen LogP) is 6.56. The van der Waals surface area contributed by atoms with Crippen molar-refractivity contribution in [3.63, 3.8) is 0 Å². The molecule has 4 aromatic rings. The second-order valence-corrected chi connectivity index (χ2v) is 9.11. The van der Waals surface area contributed by atoms with Gasteiger partial charge in [-0.05, 0) is 35.7 Å². The molecule has 4 nitrogen and oxygen atoms in total. The first-order valence-electron chi connectivity index (χ1n) is 9.96. The van der Waals surface area contributed by atoms with E-state index in [9.17, 15) is 0 Å². The molecule has 0 atom stereocenters. The minimum Gasteiger partial charge on any atom is -0.143 e. The molecule has 2 aromatic heterocycles. The highest BCUT2D eigenvalue weighted by atomic mass is 32.1. The Morgan fingerprint density at radius 3 is 1.61 bits per heavy atom. The van der Waals surface area contributed by atoms with Gasteiger partial charge >= 0.3 is 0 Å². The van der Waals surface area contributed by atoms with Crippen LogP contribution in [0.3, 0.4) is 0 Å². The highest BCUT2D eigenvalue weighted by Crippen LogP contribution is 2.31. The van der Waals surface area contributed by atoms with Crippen LogP contribution in [0.5, 0.6) is 0 Å². The molecule has 4 rings (SSSR count). The second kappa shape index (κ2) is 8.88. The monoisotopic (exact) mass is 408 g/mol. The molecule has 0 fully saturated rings. The van der Waals surface area contributed by atoms with Crippen molar-refractivity contribution in [2.45, 2.75) is 52.4 Å². The lowest BCUT2D eigenvalue weighted by Crippen LogP contribution is -1.82. The van der Waals surface area contributed by atoms with Crippen molar-refractivity contribution in [3.05, 3.63) is 46.4 Å². The summed E-state index contributed by atoms with van der Waals surface area (Å²) < 4.78 is 0. The van der Waals surface area contributed by atoms with E-state index in [1.54, 1.807) is 22.7 Å². The molecule has 0 bridgehead atoms. The first-order chi connectivity index (χ1) is 13.8. The lowest BCUT2D eigenvalue weighted by molar-refractivity contribution is 0.780. The third-order valence-electron chi connectivity index (χ3n) is 4.76. The topological polar surface area (TPSA) is 51.6 Å². The van der Waals surface area contributed by atoms with Crippen molar-refractivity contribution in [1.29, 1.82) is 0 Å². The molecule has 0 saturated carbocycles. The van der Waals surface area contributed by atoms with Crippen molar-refractivity contribution < 1.29 is 0 Å². The Labute approximate surface area is 173 Å². The van der Waals surface area contributed by atoms with Gasteiger partial charge in [0.1, 0.15) is 20.0 Å². The van der Waals surface area contributed by atoms with Crippen LogP contribution >= 0.6 is 22.7 Å². The number of fused-ring (bicyclic) bond motifs is 1. The summed E-state index contributed by atoms with van der Waals surface area (Å²) in [6.07, 6.45) is 6.72. The molecular weight excluding hydrogens is 384 g/mol. The van der Waals surface area contributed by atoms with Gasteiger partial charge in [-0.25, -0.2) is 0 Å². The molecule has 0 aliphatic carbocycles. The van der Waals surface area contributed by atoms with Gasteiger partial charge in [0.25, 0.3) is 0 Å². The van der Waals surface area contributed by atoms with Gasteiger partial charge in [0.2, 0.25) is 0 Å². The summed E-state index contributed by atoms with van der Waals surface area (Å²) in [5.74, 6) is 0. The molecule has 0 saturated heterocycles. The maximum absolute atomic E-state index is 4.41. The fourth-order valence-corrected chi connectivity index (χ4v) is 4.87. The molecular formula is C22H24N4S2. The first kappa shape index (κ1) is 19.2. The molecule has 0 spiro atoms. The number of aryl methyl sites for hydroxylation is 2. The molecule has 0 amide bonds. The molecule has 0 aliphatic rings. The smallest absolute Gasteiger partial charge is 0.143 e. The Hall–Kier alpha value is -2.18. The van der Waals surface area contributed by atoms with E-state index >= 15 is 0 Å². The number of unbranched alkanes of at least 4 members (excludes halogenated alkanes) is 2. The van der Waals surface area contributed by atoms with Gasteiger partial charge in [0, 0.05) is 24.0 Å². The van der Waals surface area contributed by atoms with Crippen LogP contribution in [0.25, 0.3) is 31.9 Å². The van der Waals surface area contributed by atoms with Gasteiger partial charge in [-0.15, -0.1) is 20.4 Å². The molecule has 0 unspecified atom stereocenters. The zero-order chi connectivity index (χ0) is 19.3. The Morgan fingerprint density at radius 2 is 1.14 bits per heavy atom. The highest BCUT2D eigenvalue weighted by molar-refractivity contribution is 7.15. The van der Waals surface area contributed by atoms with Crippen LogP contribution in [0.1, 0.15) is 49.5 Å². The Bertz CT molecular complexity index is 986. The van der Waals surface area contributed by atoms with Crippen molar-refractivity contribution in [3.8, 4) is 21.1 Å². The number of benzene rings is 2. The lowest BCUT2D eigenvalue weighted by atomic mass is 10.0. The Kier molecular flexibility index (Phi) is 6.07. The molecule has 144 valence electrons. The fraction of sp³-hybridized carbons (Fsp3) is 0.364. The number of hydrogen-bond donors (Lipinski definition) is 0. The Balaban J connectivity index is 1.61. The summed E-state index contributed by atoms with van der Waals surface area (Å²) >= 11 is 3.41. The average molecular weight is 409 g/mol. The summed E-state index contributed by atoms with van der Waals surface area (Å²) in [7, 11) is 0. The maximum atomic E-state index is 4.41. The van der Waals surface area contributed by atoms with Gasteiger partial charge in [0.05, 0.1) is 0 Å². The zero-order valence-electron chi connectivity index (χ0n) is 16.3. The summed E-state index contributed by atoms with van der Waals surface area (Å²) in [5, 5.41) is 24.2. The minimum atomic E-state index is 0.996. The summed E-state index contributed by atoms with van der Waals surface area (Å²) in [5.41, 5.74) is 2.26. The molecule has 28 heavy (non-hydrogen) atoms. The second-order valence-electron chi connectivity index (χ2n) is 6.99. The van der Waals surface area contributed by atoms with Crippen LogP contribution < -0.4 is 0 Å². The lowest BCUT2D eigenvalue weighted by Gasteiger charge is -2.03. The highest BCUT2D eigenvalue weighted by Gasteiger charge is 2.10. The molecule has 0 aliphatic heterocycles. The van der Waals surface area contributed by atoms with E-state index < -0.39 is 0 Å². The molecule has 0 radical (unpaired) electrons. The van der Waals surface area contributed by atoms with E-state index in [4.69, 9.17) is 0 Å². The van der Waals surface area contributed by atoms with Crippen LogP contribution in [0.2, 0.25) is 0 Å². The summed E-state index contributed by atoms with van der Waals surface area (Å²) in [6, 6.07) is 13.0. The zero-order valence-corrected chi connectivity index (χ0v) is 17.9. The number of aromatic nitrogens is 4. The van der Waals surface area contributed by atoms with E-state index in [1.807, 2.05) is 0 Å². The minimum absolute atomic E-state index is 0.996. The van der Waals surface area contributed by atoms with Crippen LogP contribution in [0.4, 0.5) is 0 Å². The number of rotatable bonds is 8. The van der Waals surface area contributed by atoms with Gasteiger partial charge in [-0.3, -0.25) is 0 Å². The summed E-state index contributed by atoms with van der Waals surface area (Å²) in [4.78, 5) is 0. The van der Waals surface area contributed by atoms with E-state index in [2.05, 4.69) is 70.6 Å². The molecule has 6 heteroatoms. The van der Waals surface area contributed by atoms with Gasteiger partial charge in [-0.2, -0.15) is 0 Å². The van der Waals surface area contributed by atoms with Gasteiger partial charge in [0.15, 0.2) is 0 Å². The normalized spacial score (nSPS) is 11.4. The number of nitrogens with zero attached hydrogens (tertiary/aromatic N) is 4. The van der Waals surface area contributed by atoms with Crippen molar-refractivity contribution in [2.75, 3.05) is 0 Å². The summed E-state index contributed by atoms with van der Waals surface area (Å²) in [6.45, 7) is 4.40. The average Bonchev–Trinajstić information content (AvgIpc) is 3.39. The van der Waals surface area contributed by atoms with Crippen LogP contribution in [0, 0.1) is 0 Å². The fourth-order valence-electron chi connectivity index (χ4n) is 3.11. The van der Waals surface area contributed by atoms with Crippen molar-refractivity contribution in [2.24, 2.45) is 0 Å². The van der Waals surface area contributed by atoms with Crippen LogP contribution in [-0.2, 0) is 12.8 Å². The molecule has 2 heterocycles. The maximum Gasteiger partial charge on any atom is 0.147 e. The predicted molar refractivity (Wildman–Crippen MR) is 119 cm³/mol. The third kappa shape index (κ3) is 4.28. The largest absolute Gasteiger partial charge is 0.147 e. The Morgan fingerprint density at radius 1 is 0.643 bits per heavy atom. The molecule has 2 aromatic carbocycles. The van der Waals surface area contributed by atoms with E-state index in [1.165, 1.54) is 23.6 Å². The van der Waals surface area contributed by atoms with E-state index in [0.29, 0.717) is 0 Å². The van der Waals surface area contributed by atoms with Gasteiger partial charge in [-0.1, -0.05) is 73.6 Å². The quantitative estimate of drug-likeness (QED) is 0.331. The number of hydrogen-bond acceptors (Lipinski definition) is 6.